The van der Waals surface area contributed by atoms with Crippen LogP contribution in [0.5, 0.6) is 0 Å². The van der Waals surface area contributed by atoms with Crippen LogP contribution in [0.15, 0.2) is 0 Å². The Hall–Kier alpha value is -1.31. The first-order valence-corrected chi connectivity index (χ1v) is 7.23. The first kappa shape index (κ1) is 16.1. The first-order chi connectivity index (χ1) is 9.88. The van der Waals surface area contributed by atoms with E-state index in [9.17, 15) is 22.8 Å². The molecular formula is C13H20F3N3O2. The summed E-state index contributed by atoms with van der Waals surface area (Å²) in [5.74, 6) is -1.93. The maximum atomic E-state index is 12.5. The number of halogens is 3. The molecule has 2 saturated heterocycles. The van der Waals surface area contributed by atoms with Crippen LogP contribution in [0, 0.1) is 5.92 Å². The van der Waals surface area contributed by atoms with E-state index in [0.29, 0.717) is 13.1 Å². The van der Waals surface area contributed by atoms with E-state index in [0.717, 1.165) is 12.8 Å². The molecule has 2 rings (SSSR count). The number of hydrogen-bond donors (Lipinski definition) is 2. The van der Waals surface area contributed by atoms with E-state index < -0.39 is 24.0 Å². The van der Waals surface area contributed by atoms with Crippen molar-refractivity contribution in [3.8, 4) is 0 Å². The number of hydrogen-bond acceptors (Lipinski definition) is 3. The van der Waals surface area contributed by atoms with Gasteiger partial charge in [-0.1, -0.05) is 0 Å². The first-order valence-electron chi connectivity index (χ1n) is 7.23. The molecule has 0 radical (unpaired) electrons. The van der Waals surface area contributed by atoms with Crippen molar-refractivity contribution in [3.05, 3.63) is 0 Å². The Morgan fingerprint density at radius 3 is 2.38 bits per heavy atom. The van der Waals surface area contributed by atoms with E-state index in [-0.39, 0.29) is 31.8 Å². The highest BCUT2D eigenvalue weighted by molar-refractivity contribution is 5.87. The number of likely N-dealkylation sites (tertiary alicyclic amines) is 1. The molecule has 2 heterocycles. The molecular weight excluding hydrogens is 287 g/mol. The van der Waals surface area contributed by atoms with Crippen molar-refractivity contribution in [1.29, 1.82) is 0 Å². The maximum absolute atomic E-state index is 12.5. The Kier molecular flexibility index (Phi) is 5.08. The third-order valence-corrected chi connectivity index (χ3v) is 4.07. The average molecular weight is 307 g/mol. The van der Waals surface area contributed by atoms with Gasteiger partial charge in [-0.2, -0.15) is 13.2 Å². The zero-order valence-electron chi connectivity index (χ0n) is 11.7. The van der Waals surface area contributed by atoms with Gasteiger partial charge in [0.15, 0.2) is 0 Å². The van der Waals surface area contributed by atoms with Crippen LogP contribution >= 0.6 is 0 Å². The SMILES string of the molecule is O=C(NCC(=O)N1CCCC1)C1CCC(C(F)(F)F)CN1. The van der Waals surface area contributed by atoms with Crippen LogP contribution in [0.2, 0.25) is 0 Å². The zero-order valence-corrected chi connectivity index (χ0v) is 11.7. The predicted octanol–water partition coefficient (Wildman–Crippen LogP) is 0.655. The minimum atomic E-state index is -4.22. The Morgan fingerprint density at radius 2 is 1.86 bits per heavy atom. The fourth-order valence-electron chi connectivity index (χ4n) is 2.72. The molecule has 2 atom stereocenters. The van der Waals surface area contributed by atoms with Gasteiger partial charge in [-0.15, -0.1) is 0 Å². The summed E-state index contributed by atoms with van der Waals surface area (Å²) in [5, 5.41) is 5.12. The highest BCUT2D eigenvalue weighted by atomic mass is 19.4. The molecule has 0 spiro atoms. The predicted molar refractivity (Wildman–Crippen MR) is 69.4 cm³/mol. The molecule has 0 saturated carbocycles. The minimum absolute atomic E-state index is 0.0609. The second-order valence-electron chi connectivity index (χ2n) is 5.58. The van der Waals surface area contributed by atoms with Crippen molar-refractivity contribution >= 4 is 11.8 Å². The lowest BCUT2D eigenvalue weighted by Gasteiger charge is -2.30. The van der Waals surface area contributed by atoms with Crippen LogP contribution in [0.4, 0.5) is 13.2 Å². The second-order valence-corrected chi connectivity index (χ2v) is 5.58. The summed E-state index contributed by atoms with van der Waals surface area (Å²) in [7, 11) is 0. The summed E-state index contributed by atoms with van der Waals surface area (Å²) in [6, 6.07) is -0.644. The van der Waals surface area contributed by atoms with Crippen LogP contribution in [0.3, 0.4) is 0 Å². The van der Waals surface area contributed by atoms with Gasteiger partial charge in [0.05, 0.1) is 18.5 Å². The van der Waals surface area contributed by atoms with Gasteiger partial charge in [0.2, 0.25) is 11.8 Å². The van der Waals surface area contributed by atoms with Crippen molar-refractivity contribution in [3.63, 3.8) is 0 Å². The quantitative estimate of drug-likeness (QED) is 0.805. The van der Waals surface area contributed by atoms with Crippen LogP contribution < -0.4 is 10.6 Å². The minimum Gasteiger partial charge on any atom is -0.346 e. The molecule has 8 heteroatoms. The maximum Gasteiger partial charge on any atom is 0.393 e. The molecule has 2 aliphatic rings. The van der Waals surface area contributed by atoms with E-state index in [2.05, 4.69) is 10.6 Å². The lowest BCUT2D eigenvalue weighted by molar-refractivity contribution is -0.180. The van der Waals surface area contributed by atoms with Gasteiger partial charge in [-0.05, 0) is 25.7 Å². The summed E-state index contributed by atoms with van der Waals surface area (Å²) in [6.07, 6.45) is -2.20. The van der Waals surface area contributed by atoms with Crippen LogP contribution in [-0.4, -0.2) is 55.1 Å². The molecule has 2 fully saturated rings. The molecule has 0 bridgehead atoms. The van der Waals surface area contributed by atoms with Crippen molar-refractivity contribution in [2.45, 2.75) is 37.9 Å². The lowest BCUT2D eigenvalue weighted by atomic mass is 9.94. The van der Waals surface area contributed by atoms with Crippen molar-refractivity contribution in [2.75, 3.05) is 26.2 Å². The Morgan fingerprint density at radius 1 is 1.19 bits per heavy atom. The number of carbonyl (C=O) groups excluding carboxylic acids is 2. The number of amides is 2. The summed E-state index contributed by atoms with van der Waals surface area (Å²) in [4.78, 5) is 25.3. The molecule has 5 nitrogen and oxygen atoms in total. The van der Waals surface area contributed by atoms with Gasteiger partial charge in [0.25, 0.3) is 0 Å². The largest absolute Gasteiger partial charge is 0.393 e. The third kappa shape index (κ3) is 4.33. The Balaban J connectivity index is 1.71. The van der Waals surface area contributed by atoms with Gasteiger partial charge in [-0.3, -0.25) is 9.59 Å². The topological polar surface area (TPSA) is 61.4 Å². The Labute approximate surface area is 121 Å². The number of rotatable bonds is 3. The Bertz CT molecular complexity index is 387. The summed E-state index contributed by atoms with van der Waals surface area (Å²) < 4.78 is 37.5. The molecule has 2 N–H and O–H groups in total. The normalized spacial score (nSPS) is 26.7. The van der Waals surface area contributed by atoms with Gasteiger partial charge in [0, 0.05) is 19.6 Å². The van der Waals surface area contributed by atoms with Crippen molar-refractivity contribution in [1.82, 2.24) is 15.5 Å². The molecule has 0 aromatic heterocycles. The molecule has 0 aliphatic carbocycles. The monoisotopic (exact) mass is 307 g/mol. The fourth-order valence-corrected chi connectivity index (χ4v) is 2.72. The van der Waals surface area contributed by atoms with Crippen molar-refractivity contribution < 1.29 is 22.8 Å². The second kappa shape index (κ2) is 6.64. The van der Waals surface area contributed by atoms with E-state index >= 15 is 0 Å². The molecule has 2 aliphatic heterocycles. The van der Waals surface area contributed by atoms with Gasteiger partial charge in [-0.25, -0.2) is 0 Å². The number of carbonyl (C=O) groups is 2. The molecule has 2 unspecified atom stereocenters. The highest BCUT2D eigenvalue weighted by Gasteiger charge is 2.42. The van der Waals surface area contributed by atoms with E-state index in [1.807, 2.05) is 0 Å². The van der Waals surface area contributed by atoms with Crippen LogP contribution in [0.1, 0.15) is 25.7 Å². The number of nitrogens with zero attached hydrogens (tertiary/aromatic N) is 1. The smallest absolute Gasteiger partial charge is 0.346 e. The summed E-state index contributed by atoms with van der Waals surface area (Å²) in [5.41, 5.74) is 0. The lowest BCUT2D eigenvalue weighted by Crippen LogP contribution is -2.52. The van der Waals surface area contributed by atoms with E-state index in [1.165, 1.54) is 0 Å². The number of nitrogens with one attached hydrogen (secondary N) is 2. The van der Waals surface area contributed by atoms with Crippen molar-refractivity contribution in [2.24, 2.45) is 5.92 Å². The van der Waals surface area contributed by atoms with Gasteiger partial charge >= 0.3 is 6.18 Å². The van der Waals surface area contributed by atoms with E-state index in [4.69, 9.17) is 0 Å². The van der Waals surface area contributed by atoms with E-state index in [1.54, 1.807) is 4.90 Å². The molecule has 21 heavy (non-hydrogen) atoms. The van der Waals surface area contributed by atoms with Gasteiger partial charge in [0.1, 0.15) is 0 Å². The molecule has 120 valence electrons. The van der Waals surface area contributed by atoms with Gasteiger partial charge < -0.3 is 15.5 Å². The fraction of sp³-hybridized carbons (Fsp3) is 0.846. The van der Waals surface area contributed by atoms with Crippen LogP contribution in [0.25, 0.3) is 0 Å². The molecule has 0 aromatic carbocycles. The third-order valence-electron chi connectivity index (χ3n) is 4.07. The van der Waals surface area contributed by atoms with Crippen LogP contribution in [-0.2, 0) is 9.59 Å². The molecule has 0 aromatic rings. The average Bonchev–Trinajstić information content (AvgIpc) is 2.98. The zero-order chi connectivity index (χ0) is 15.5. The number of piperidine rings is 1. The standard InChI is InChI=1S/C13H20F3N3O2/c14-13(15,16)9-3-4-10(17-7-9)12(21)18-8-11(20)19-5-1-2-6-19/h9-10,17H,1-8H2,(H,18,21). The highest BCUT2D eigenvalue weighted by Crippen LogP contribution is 2.31. The summed E-state index contributed by atoms with van der Waals surface area (Å²) >= 11 is 0. The summed E-state index contributed by atoms with van der Waals surface area (Å²) in [6.45, 7) is 1.09. The molecule has 2 amide bonds. The number of alkyl halides is 3.